The summed E-state index contributed by atoms with van der Waals surface area (Å²) in [5.74, 6) is 1.47. The molecule has 0 bridgehead atoms. The van der Waals surface area contributed by atoms with Crippen molar-refractivity contribution in [1.82, 2.24) is 0 Å². The molecule has 0 radical (unpaired) electrons. The minimum absolute atomic E-state index is 0.0421. The number of nitro benzene ring substituents is 1. The van der Waals surface area contributed by atoms with E-state index in [1.165, 1.54) is 12.1 Å². The average molecular weight is 383 g/mol. The van der Waals surface area contributed by atoms with E-state index in [0.29, 0.717) is 4.47 Å². The Labute approximate surface area is 146 Å². The van der Waals surface area contributed by atoms with E-state index in [9.17, 15) is 10.1 Å². The summed E-state index contributed by atoms with van der Waals surface area (Å²) in [6.45, 7) is 0. The van der Waals surface area contributed by atoms with Gasteiger partial charge >= 0.3 is 0 Å². The predicted octanol–water partition coefficient (Wildman–Crippen LogP) is 5.93. The molecule has 0 aromatic heterocycles. The van der Waals surface area contributed by atoms with Crippen molar-refractivity contribution in [2.24, 2.45) is 0 Å². The van der Waals surface area contributed by atoms with Crippen LogP contribution in [0.2, 0.25) is 0 Å². The summed E-state index contributed by atoms with van der Waals surface area (Å²) in [5, 5.41) is 11.0. The first kappa shape index (κ1) is 14.7. The zero-order valence-electron chi connectivity index (χ0n) is 12.3. The van der Waals surface area contributed by atoms with E-state index < -0.39 is 4.92 Å². The van der Waals surface area contributed by atoms with Gasteiger partial charge in [0.15, 0.2) is 11.5 Å². The first-order chi connectivity index (χ1) is 11.6. The predicted molar refractivity (Wildman–Crippen MR) is 95.6 cm³/mol. The lowest BCUT2D eigenvalue weighted by Crippen LogP contribution is -2.16. The van der Waals surface area contributed by atoms with Gasteiger partial charge < -0.3 is 9.64 Å². The highest BCUT2D eigenvalue weighted by Crippen LogP contribution is 2.51. The molecule has 3 aromatic carbocycles. The van der Waals surface area contributed by atoms with E-state index in [-0.39, 0.29) is 5.69 Å². The fourth-order valence-electron chi connectivity index (χ4n) is 2.75. The molecule has 118 valence electrons. The molecule has 0 unspecified atom stereocenters. The number of non-ortho nitro benzene ring substituents is 1. The molecular weight excluding hydrogens is 372 g/mol. The number of hydrogen-bond donors (Lipinski definition) is 0. The Kier molecular flexibility index (Phi) is 3.46. The van der Waals surface area contributed by atoms with Crippen LogP contribution in [0.3, 0.4) is 0 Å². The van der Waals surface area contributed by atoms with Crippen LogP contribution in [0.25, 0.3) is 0 Å². The van der Waals surface area contributed by atoms with Crippen LogP contribution in [0.4, 0.5) is 22.7 Å². The molecule has 1 heterocycles. The lowest BCUT2D eigenvalue weighted by molar-refractivity contribution is -0.384. The van der Waals surface area contributed by atoms with Crippen molar-refractivity contribution in [3.8, 4) is 11.5 Å². The number of nitrogens with zero attached hydrogens (tertiary/aromatic N) is 2. The van der Waals surface area contributed by atoms with Crippen molar-refractivity contribution < 1.29 is 9.66 Å². The van der Waals surface area contributed by atoms with Crippen molar-refractivity contribution in [3.05, 3.63) is 81.3 Å². The van der Waals surface area contributed by atoms with Gasteiger partial charge in [0.2, 0.25) is 0 Å². The first-order valence-electron chi connectivity index (χ1n) is 7.25. The van der Waals surface area contributed by atoms with E-state index in [4.69, 9.17) is 4.74 Å². The van der Waals surface area contributed by atoms with Gasteiger partial charge in [-0.05, 0) is 46.3 Å². The molecule has 6 heteroatoms. The van der Waals surface area contributed by atoms with Crippen LogP contribution < -0.4 is 9.64 Å². The number of hydrogen-bond acceptors (Lipinski definition) is 4. The minimum atomic E-state index is -0.407. The van der Waals surface area contributed by atoms with Crippen LogP contribution in [-0.4, -0.2) is 4.92 Å². The molecule has 4 rings (SSSR count). The van der Waals surface area contributed by atoms with Gasteiger partial charge in [-0.3, -0.25) is 10.1 Å². The summed E-state index contributed by atoms with van der Waals surface area (Å²) >= 11 is 3.47. The summed E-state index contributed by atoms with van der Waals surface area (Å²) in [6.07, 6.45) is 0. The third kappa shape index (κ3) is 2.32. The normalized spacial score (nSPS) is 12.1. The lowest BCUT2D eigenvalue weighted by Gasteiger charge is -2.33. The van der Waals surface area contributed by atoms with E-state index in [1.54, 1.807) is 6.07 Å². The van der Waals surface area contributed by atoms with Gasteiger partial charge in [0.25, 0.3) is 5.69 Å². The molecule has 0 saturated carbocycles. The molecule has 0 spiro atoms. The smallest absolute Gasteiger partial charge is 0.270 e. The number of halogens is 1. The van der Waals surface area contributed by atoms with Crippen molar-refractivity contribution in [2.75, 3.05) is 4.90 Å². The van der Waals surface area contributed by atoms with Crippen LogP contribution in [0.1, 0.15) is 0 Å². The zero-order valence-corrected chi connectivity index (χ0v) is 13.9. The number of anilines is 3. The standard InChI is InChI=1S/C18H11BrN2O3/c19-13-11-12(21(22)23)9-10-14(13)20-15-5-1-3-7-17(15)24-18-8-4-2-6-16(18)20/h1-11H. The molecule has 0 N–H and O–H groups in total. The maximum absolute atomic E-state index is 11.0. The fourth-order valence-corrected chi connectivity index (χ4v) is 3.30. The molecule has 0 amide bonds. The molecule has 1 aliphatic rings. The van der Waals surface area contributed by atoms with Gasteiger partial charge in [-0.1, -0.05) is 24.3 Å². The molecule has 0 aliphatic carbocycles. The zero-order chi connectivity index (χ0) is 16.7. The van der Waals surface area contributed by atoms with E-state index >= 15 is 0 Å². The Morgan fingerprint density at radius 3 is 2.00 bits per heavy atom. The Morgan fingerprint density at radius 1 is 0.875 bits per heavy atom. The molecule has 0 saturated heterocycles. The quantitative estimate of drug-likeness (QED) is 0.318. The highest BCUT2D eigenvalue weighted by Gasteiger charge is 2.27. The van der Waals surface area contributed by atoms with Gasteiger partial charge in [0.1, 0.15) is 0 Å². The topological polar surface area (TPSA) is 55.6 Å². The largest absolute Gasteiger partial charge is 0.453 e. The molecular formula is C18H11BrN2O3. The molecule has 24 heavy (non-hydrogen) atoms. The monoisotopic (exact) mass is 382 g/mol. The molecule has 0 fully saturated rings. The van der Waals surface area contributed by atoms with E-state index in [2.05, 4.69) is 15.9 Å². The van der Waals surface area contributed by atoms with Crippen LogP contribution in [0, 0.1) is 10.1 Å². The van der Waals surface area contributed by atoms with Gasteiger partial charge in [0, 0.05) is 16.6 Å². The molecule has 5 nitrogen and oxygen atoms in total. The van der Waals surface area contributed by atoms with Gasteiger partial charge in [-0.25, -0.2) is 0 Å². The maximum Gasteiger partial charge on any atom is 0.270 e. The molecule has 3 aromatic rings. The number of benzene rings is 3. The Bertz CT molecular complexity index is 913. The molecule has 0 atom stereocenters. The van der Waals surface area contributed by atoms with Crippen LogP contribution in [-0.2, 0) is 0 Å². The second kappa shape index (κ2) is 5.65. The average Bonchev–Trinajstić information content (AvgIpc) is 2.60. The number of fused-ring (bicyclic) bond motifs is 2. The summed E-state index contributed by atoms with van der Waals surface area (Å²) in [6, 6.07) is 20.2. The van der Waals surface area contributed by atoms with Crippen molar-refractivity contribution in [1.29, 1.82) is 0 Å². The Hall–Kier alpha value is -2.86. The van der Waals surface area contributed by atoms with Crippen molar-refractivity contribution in [3.63, 3.8) is 0 Å². The summed E-state index contributed by atoms with van der Waals surface area (Å²) < 4.78 is 6.61. The van der Waals surface area contributed by atoms with Gasteiger partial charge in [-0.15, -0.1) is 0 Å². The highest BCUT2D eigenvalue weighted by molar-refractivity contribution is 9.10. The third-order valence-corrected chi connectivity index (χ3v) is 4.45. The van der Waals surface area contributed by atoms with Crippen LogP contribution in [0.5, 0.6) is 11.5 Å². The number of para-hydroxylation sites is 4. The highest BCUT2D eigenvalue weighted by atomic mass is 79.9. The second-order valence-electron chi connectivity index (χ2n) is 5.27. The maximum atomic E-state index is 11.0. The van der Waals surface area contributed by atoms with Gasteiger partial charge in [0.05, 0.1) is 22.0 Å². The number of ether oxygens (including phenoxy) is 1. The number of nitro groups is 1. The third-order valence-electron chi connectivity index (χ3n) is 3.82. The summed E-state index contributed by atoms with van der Waals surface area (Å²) in [4.78, 5) is 12.6. The van der Waals surface area contributed by atoms with E-state index in [0.717, 1.165) is 28.6 Å². The fraction of sp³-hybridized carbons (Fsp3) is 0. The Balaban J connectivity index is 1.94. The first-order valence-corrected chi connectivity index (χ1v) is 8.04. The summed E-state index contributed by atoms with van der Waals surface area (Å²) in [7, 11) is 0. The number of rotatable bonds is 2. The Morgan fingerprint density at radius 2 is 1.46 bits per heavy atom. The van der Waals surface area contributed by atoms with E-state index in [1.807, 2.05) is 53.4 Å². The van der Waals surface area contributed by atoms with Gasteiger partial charge in [-0.2, -0.15) is 0 Å². The second-order valence-corrected chi connectivity index (χ2v) is 6.12. The van der Waals surface area contributed by atoms with Crippen LogP contribution in [0.15, 0.2) is 71.2 Å². The van der Waals surface area contributed by atoms with Crippen molar-refractivity contribution in [2.45, 2.75) is 0 Å². The van der Waals surface area contributed by atoms with Crippen LogP contribution >= 0.6 is 15.9 Å². The minimum Gasteiger partial charge on any atom is -0.453 e. The SMILES string of the molecule is O=[N+]([O-])c1ccc(N2c3ccccc3Oc3ccccc32)c(Br)c1. The lowest BCUT2D eigenvalue weighted by atomic mass is 10.1. The summed E-state index contributed by atoms with van der Waals surface area (Å²) in [5.41, 5.74) is 2.61. The van der Waals surface area contributed by atoms with Crippen molar-refractivity contribution >= 4 is 38.7 Å². The molecule has 1 aliphatic heterocycles.